The van der Waals surface area contributed by atoms with Crippen molar-refractivity contribution in [2.45, 2.75) is 50.4 Å². The summed E-state index contributed by atoms with van der Waals surface area (Å²) in [6.45, 7) is 3.13. The van der Waals surface area contributed by atoms with Gasteiger partial charge in [-0.3, -0.25) is 4.79 Å². The van der Waals surface area contributed by atoms with Gasteiger partial charge in [-0.15, -0.1) is 0 Å². The summed E-state index contributed by atoms with van der Waals surface area (Å²) in [5.41, 5.74) is -2.51. The Morgan fingerprint density at radius 2 is 2.20 bits per heavy atom. The molecule has 1 aliphatic rings. The van der Waals surface area contributed by atoms with Crippen LogP contribution in [0.2, 0.25) is 0 Å². The van der Waals surface area contributed by atoms with Crippen molar-refractivity contribution >= 4 is 5.91 Å². The fourth-order valence-electron chi connectivity index (χ4n) is 2.29. The van der Waals surface area contributed by atoms with Crippen molar-refractivity contribution in [2.24, 2.45) is 0 Å². The minimum Gasteiger partial charge on any atom is -0.508 e. The first-order chi connectivity index (χ1) is 9.23. The molecule has 1 saturated carbocycles. The van der Waals surface area contributed by atoms with Crippen LogP contribution < -0.4 is 5.32 Å². The van der Waals surface area contributed by atoms with Crippen molar-refractivity contribution in [3.8, 4) is 5.75 Å². The van der Waals surface area contributed by atoms with Crippen LogP contribution in [0.25, 0.3) is 0 Å². The van der Waals surface area contributed by atoms with Gasteiger partial charge in [-0.2, -0.15) is 0 Å². The lowest BCUT2D eigenvalue weighted by molar-refractivity contribution is -0.130. The Labute approximate surface area is 117 Å². The monoisotopic (exact) mass is 281 g/mol. The molecular weight excluding hydrogens is 261 g/mol. The quantitative estimate of drug-likeness (QED) is 0.775. The molecule has 1 aromatic carbocycles. The SMILES string of the molecule is C[C@H](NC(=O)C[C@](C)(O)C1(F)CC1)c1cccc(O)c1. The normalized spacial score (nSPS) is 20.8. The number of carbonyl (C=O) groups excluding carboxylic acids is 1. The Balaban J connectivity index is 1.94. The van der Waals surface area contributed by atoms with E-state index in [1.54, 1.807) is 31.2 Å². The summed E-state index contributed by atoms with van der Waals surface area (Å²) in [5.74, 6) is -0.286. The predicted molar refractivity (Wildman–Crippen MR) is 73.0 cm³/mol. The van der Waals surface area contributed by atoms with Crippen molar-refractivity contribution in [3.05, 3.63) is 29.8 Å². The van der Waals surface area contributed by atoms with Crippen LogP contribution in [0.1, 0.15) is 44.7 Å². The number of phenolic OH excluding ortho intramolecular Hbond substituents is 1. The van der Waals surface area contributed by atoms with E-state index in [4.69, 9.17) is 0 Å². The van der Waals surface area contributed by atoms with Crippen LogP contribution in [-0.4, -0.2) is 27.4 Å². The number of phenols is 1. The van der Waals surface area contributed by atoms with E-state index in [0.717, 1.165) is 5.56 Å². The number of hydrogen-bond acceptors (Lipinski definition) is 3. The van der Waals surface area contributed by atoms with E-state index in [-0.39, 0.29) is 18.2 Å². The number of amides is 1. The van der Waals surface area contributed by atoms with E-state index in [9.17, 15) is 19.4 Å². The molecule has 4 nitrogen and oxygen atoms in total. The molecule has 1 amide bonds. The topological polar surface area (TPSA) is 69.6 Å². The van der Waals surface area contributed by atoms with Crippen LogP contribution in [0.3, 0.4) is 0 Å². The van der Waals surface area contributed by atoms with Gasteiger partial charge in [-0.1, -0.05) is 12.1 Å². The minimum atomic E-state index is -1.63. The molecule has 0 aromatic heterocycles. The van der Waals surface area contributed by atoms with Gasteiger partial charge in [0.2, 0.25) is 5.91 Å². The average molecular weight is 281 g/mol. The molecule has 5 heteroatoms. The molecule has 2 rings (SSSR count). The standard InChI is InChI=1S/C15H20FNO3/c1-10(11-4-3-5-12(18)8-11)17-13(19)9-14(2,20)15(16)6-7-15/h3-5,8,10,18,20H,6-7,9H2,1-2H3,(H,17,19)/t10-,14-/m0/s1. The molecule has 3 N–H and O–H groups in total. The second-order valence-corrected chi connectivity index (χ2v) is 5.80. The number of benzene rings is 1. The Kier molecular flexibility index (Phi) is 3.73. The third-order valence-electron chi connectivity index (χ3n) is 3.91. The van der Waals surface area contributed by atoms with Crippen molar-refractivity contribution in [1.82, 2.24) is 5.32 Å². The highest BCUT2D eigenvalue weighted by Gasteiger charge is 2.58. The van der Waals surface area contributed by atoms with Gasteiger partial charge in [-0.25, -0.2) is 4.39 Å². The largest absolute Gasteiger partial charge is 0.508 e. The van der Waals surface area contributed by atoms with E-state index < -0.39 is 17.2 Å². The molecule has 0 spiro atoms. The van der Waals surface area contributed by atoms with Gasteiger partial charge < -0.3 is 15.5 Å². The summed E-state index contributed by atoms with van der Waals surface area (Å²) >= 11 is 0. The molecule has 1 fully saturated rings. The average Bonchev–Trinajstić information content (AvgIpc) is 3.08. The van der Waals surface area contributed by atoms with Crippen molar-refractivity contribution in [2.75, 3.05) is 0 Å². The molecule has 20 heavy (non-hydrogen) atoms. The summed E-state index contributed by atoms with van der Waals surface area (Å²) in [5, 5.41) is 22.1. The van der Waals surface area contributed by atoms with Gasteiger partial charge in [0.25, 0.3) is 0 Å². The fourth-order valence-corrected chi connectivity index (χ4v) is 2.29. The fraction of sp³-hybridized carbons (Fsp3) is 0.533. The second kappa shape index (κ2) is 5.05. The van der Waals surface area contributed by atoms with Gasteiger partial charge in [0, 0.05) is 0 Å². The van der Waals surface area contributed by atoms with Crippen LogP contribution in [0, 0.1) is 0 Å². The van der Waals surface area contributed by atoms with E-state index >= 15 is 0 Å². The maximum atomic E-state index is 13.9. The zero-order valence-corrected chi connectivity index (χ0v) is 11.7. The molecule has 2 atom stereocenters. The van der Waals surface area contributed by atoms with Crippen LogP contribution in [0.4, 0.5) is 4.39 Å². The predicted octanol–water partition coefficient (Wildman–Crippen LogP) is 2.21. The lowest BCUT2D eigenvalue weighted by atomic mass is 9.93. The minimum absolute atomic E-state index is 0.122. The number of rotatable bonds is 5. The molecule has 1 aliphatic carbocycles. The molecule has 1 aromatic rings. The van der Waals surface area contributed by atoms with Crippen LogP contribution in [0.5, 0.6) is 5.75 Å². The third-order valence-corrected chi connectivity index (χ3v) is 3.91. The highest BCUT2D eigenvalue weighted by atomic mass is 19.1. The summed E-state index contributed by atoms with van der Waals surface area (Å²) in [7, 11) is 0. The van der Waals surface area contributed by atoms with Gasteiger partial charge in [-0.05, 0) is 44.4 Å². The molecule has 0 bridgehead atoms. The highest BCUT2D eigenvalue weighted by Crippen LogP contribution is 2.49. The lowest BCUT2D eigenvalue weighted by Crippen LogP contribution is -2.43. The number of carbonyl (C=O) groups is 1. The first-order valence-corrected chi connectivity index (χ1v) is 6.73. The molecule has 110 valence electrons. The van der Waals surface area contributed by atoms with E-state index in [0.29, 0.717) is 12.8 Å². The van der Waals surface area contributed by atoms with Gasteiger partial charge in [0.15, 0.2) is 0 Å². The first kappa shape index (κ1) is 14.8. The highest BCUT2D eigenvalue weighted by molar-refractivity contribution is 5.77. The number of aromatic hydroxyl groups is 1. The summed E-state index contributed by atoms with van der Waals surface area (Å²) in [4.78, 5) is 11.9. The zero-order valence-electron chi connectivity index (χ0n) is 11.7. The number of hydrogen-bond donors (Lipinski definition) is 3. The van der Waals surface area contributed by atoms with Crippen molar-refractivity contribution in [1.29, 1.82) is 0 Å². The van der Waals surface area contributed by atoms with E-state index in [2.05, 4.69) is 5.32 Å². The van der Waals surface area contributed by atoms with Crippen molar-refractivity contribution < 1.29 is 19.4 Å². The molecular formula is C15H20FNO3. The Morgan fingerprint density at radius 1 is 1.55 bits per heavy atom. The van der Waals surface area contributed by atoms with Gasteiger partial charge in [0.1, 0.15) is 17.0 Å². The Bertz CT molecular complexity index is 512. The molecule has 0 radical (unpaired) electrons. The molecule has 0 heterocycles. The van der Waals surface area contributed by atoms with E-state index in [1.807, 2.05) is 0 Å². The second-order valence-electron chi connectivity index (χ2n) is 5.80. The van der Waals surface area contributed by atoms with Crippen LogP contribution in [0.15, 0.2) is 24.3 Å². The summed E-state index contributed by atoms with van der Waals surface area (Å²) in [6.07, 6.45) is 0.331. The van der Waals surface area contributed by atoms with Crippen molar-refractivity contribution in [3.63, 3.8) is 0 Å². The van der Waals surface area contributed by atoms with Crippen LogP contribution in [-0.2, 0) is 4.79 Å². The number of halogens is 1. The number of nitrogens with one attached hydrogen (secondary N) is 1. The summed E-state index contributed by atoms with van der Waals surface area (Å²) in [6, 6.07) is 6.24. The maximum Gasteiger partial charge on any atom is 0.223 e. The lowest BCUT2D eigenvalue weighted by Gasteiger charge is -2.27. The molecule has 0 aliphatic heterocycles. The first-order valence-electron chi connectivity index (χ1n) is 6.73. The number of alkyl halides is 1. The maximum absolute atomic E-state index is 13.9. The Morgan fingerprint density at radius 3 is 2.75 bits per heavy atom. The third kappa shape index (κ3) is 3.10. The zero-order chi connectivity index (χ0) is 15.0. The van der Waals surface area contributed by atoms with E-state index in [1.165, 1.54) is 6.92 Å². The molecule has 0 saturated heterocycles. The van der Waals surface area contributed by atoms with Crippen LogP contribution >= 0.6 is 0 Å². The molecule has 0 unspecified atom stereocenters. The smallest absolute Gasteiger partial charge is 0.223 e. The van der Waals surface area contributed by atoms with Gasteiger partial charge in [0.05, 0.1) is 12.5 Å². The number of aliphatic hydroxyl groups is 1. The Hall–Kier alpha value is -1.62. The summed E-state index contributed by atoms with van der Waals surface area (Å²) < 4.78 is 13.9. The van der Waals surface area contributed by atoms with Gasteiger partial charge >= 0.3 is 0 Å².